The molecular formula is C30H33BrFN5O5S. The number of benzene rings is 2. The van der Waals surface area contributed by atoms with Gasteiger partial charge in [-0.3, -0.25) is 9.59 Å². The lowest BCUT2D eigenvalue weighted by Crippen LogP contribution is -2.45. The highest BCUT2D eigenvalue weighted by molar-refractivity contribution is 9.10. The first-order valence-corrected chi connectivity index (χ1v) is 16.5. The van der Waals surface area contributed by atoms with Crippen molar-refractivity contribution in [3.8, 4) is 11.3 Å². The van der Waals surface area contributed by atoms with Crippen LogP contribution >= 0.6 is 15.9 Å². The molecule has 2 fully saturated rings. The maximum Gasteiger partial charge on any atom is 0.309 e. The molecule has 2 saturated heterocycles. The third-order valence-corrected chi connectivity index (χ3v) is 10.1. The zero-order chi connectivity index (χ0) is 30.6. The van der Waals surface area contributed by atoms with E-state index in [2.05, 4.69) is 21.2 Å². The van der Waals surface area contributed by atoms with Crippen LogP contribution in [0.2, 0.25) is 0 Å². The Hall–Kier alpha value is -3.42. The van der Waals surface area contributed by atoms with Crippen LogP contribution in [0.4, 0.5) is 10.3 Å². The van der Waals surface area contributed by atoms with Crippen molar-refractivity contribution in [3.05, 3.63) is 70.6 Å². The number of nitrogens with one attached hydrogen (secondary N) is 1. The summed E-state index contributed by atoms with van der Waals surface area (Å²) >= 11 is 3.46. The lowest BCUT2D eigenvalue weighted by molar-refractivity contribution is -0.148. The van der Waals surface area contributed by atoms with Crippen molar-refractivity contribution >= 4 is 43.8 Å². The average molecular weight is 675 g/mol. The normalized spacial score (nSPS) is 18.0. The van der Waals surface area contributed by atoms with Crippen LogP contribution in [-0.2, 0) is 30.9 Å². The van der Waals surface area contributed by atoms with Gasteiger partial charge in [0.05, 0.1) is 35.4 Å². The van der Waals surface area contributed by atoms with Gasteiger partial charge < -0.3 is 15.0 Å². The van der Waals surface area contributed by atoms with Crippen LogP contribution in [0.25, 0.3) is 11.3 Å². The summed E-state index contributed by atoms with van der Waals surface area (Å²) in [6.45, 7) is 3.57. The number of esters is 1. The summed E-state index contributed by atoms with van der Waals surface area (Å²) in [4.78, 5) is 37.1. The molecular weight excluding hydrogens is 641 g/mol. The molecule has 2 aliphatic heterocycles. The second kappa shape index (κ2) is 13.5. The van der Waals surface area contributed by atoms with E-state index >= 15 is 0 Å². The molecule has 3 aromatic rings. The Bertz CT molecular complexity index is 1560. The van der Waals surface area contributed by atoms with E-state index in [-0.39, 0.29) is 29.9 Å². The molecule has 0 saturated carbocycles. The van der Waals surface area contributed by atoms with Crippen molar-refractivity contribution in [2.45, 2.75) is 50.1 Å². The quantitative estimate of drug-likeness (QED) is 0.334. The number of carbonyl (C=O) groups excluding carboxylic acids is 2. The van der Waals surface area contributed by atoms with Crippen LogP contribution in [0.3, 0.4) is 0 Å². The molecule has 2 aliphatic rings. The number of aromatic nitrogens is 2. The molecule has 1 unspecified atom stereocenters. The molecule has 0 bridgehead atoms. The van der Waals surface area contributed by atoms with Gasteiger partial charge in [-0.25, -0.2) is 22.8 Å². The van der Waals surface area contributed by atoms with E-state index in [0.29, 0.717) is 62.7 Å². The number of ether oxygens (including phenoxy) is 1. The van der Waals surface area contributed by atoms with Gasteiger partial charge >= 0.3 is 5.97 Å². The molecule has 10 nitrogen and oxygen atoms in total. The molecule has 0 aliphatic carbocycles. The molecule has 1 amide bonds. The predicted octanol–water partition coefficient (Wildman–Crippen LogP) is 4.29. The molecule has 0 spiro atoms. The largest absolute Gasteiger partial charge is 0.466 e. The van der Waals surface area contributed by atoms with Crippen molar-refractivity contribution in [1.29, 1.82) is 0 Å². The summed E-state index contributed by atoms with van der Waals surface area (Å²) in [6, 6.07) is 13.2. The average Bonchev–Trinajstić information content (AvgIpc) is 3.52. The highest BCUT2D eigenvalue weighted by atomic mass is 79.9. The van der Waals surface area contributed by atoms with E-state index in [1.54, 1.807) is 13.0 Å². The topological polar surface area (TPSA) is 122 Å². The number of piperidine rings is 1. The number of anilines is 1. The van der Waals surface area contributed by atoms with E-state index in [1.165, 1.54) is 16.4 Å². The van der Waals surface area contributed by atoms with Crippen molar-refractivity contribution < 1.29 is 27.1 Å². The first-order valence-electron chi connectivity index (χ1n) is 14.3. The first kappa shape index (κ1) is 31.0. The first-order chi connectivity index (χ1) is 20.7. The van der Waals surface area contributed by atoms with E-state index in [1.807, 2.05) is 29.2 Å². The minimum Gasteiger partial charge on any atom is -0.466 e. The summed E-state index contributed by atoms with van der Waals surface area (Å²) in [5, 5.41) is 2.87. The maximum atomic E-state index is 13.4. The standard InChI is InChI=1S/C30H33BrFN5O5S/c1-2-42-29(39)21-13-16-36(17-14-21)30-34-24(18-26(35-30)20-5-7-22(31)8-6-20)19-33-28(38)27-4-3-15-37(27)43(40,41)25-11-9-23(32)10-12-25/h5-12,18,21,27H,2-4,13-17,19H2,1H3,(H,33,38). The Balaban J connectivity index is 1.33. The number of amides is 1. The smallest absolute Gasteiger partial charge is 0.309 e. The van der Waals surface area contributed by atoms with Crippen molar-refractivity contribution in [2.75, 3.05) is 31.1 Å². The fourth-order valence-corrected chi connectivity index (χ4v) is 7.31. The molecule has 43 heavy (non-hydrogen) atoms. The second-order valence-electron chi connectivity index (χ2n) is 10.5. The van der Waals surface area contributed by atoms with Gasteiger partial charge in [0.25, 0.3) is 0 Å². The number of halogens is 2. The molecule has 2 aromatic carbocycles. The molecule has 13 heteroatoms. The minimum absolute atomic E-state index is 0.0556. The van der Waals surface area contributed by atoms with Crippen LogP contribution in [0.15, 0.2) is 64.0 Å². The second-order valence-corrected chi connectivity index (χ2v) is 13.3. The molecule has 1 aromatic heterocycles. The van der Waals surface area contributed by atoms with E-state index in [4.69, 9.17) is 14.7 Å². The van der Waals surface area contributed by atoms with E-state index in [0.717, 1.165) is 22.2 Å². The predicted molar refractivity (Wildman–Crippen MR) is 162 cm³/mol. The fraction of sp³-hybridized carbons (Fsp3) is 0.400. The summed E-state index contributed by atoms with van der Waals surface area (Å²) in [7, 11) is -3.98. The molecule has 3 heterocycles. The summed E-state index contributed by atoms with van der Waals surface area (Å²) in [5.41, 5.74) is 2.11. The number of nitrogens with zero attached hydrogens (tertiary/aromatic N) is 4. The zero-order valence-electron chi connectivity index (χ0n) is 23.7. The van der Waals surface area contributed by atoms with Gasteiger partial charge in [0.1, 0.15) is 11.9 Å². The zero-order valence-corrected chi connectivity index (χ0v) is 26.1. The third kappa shape index (κ3) is 7.22. The van der Waals surface area contributed by atoms with Crippen molar-refractivity contribution in [3.63, 3.8) is 0 Å². The SMILES string of the molecule is CCOC(=O)C1CCN(c2nc(CNC(=O)C3CCCN3S(=O)(=O)c3ccc(F)cc3)cc(-c3ccc(Br)cc3)n2)CC1. The van der Waals surface area contributed by atoms with E-state index < -0.39 is 27.8 Å². The van der Waals surface area contributed by atoms with Gasteiger partial charge in [0, 0.05) is 29.7 Å². The molecule has 1 atom stereocenters. The number of sulfonamides is 1. The van der Waals surface area contributed by atoms with Gasteiger partial charge in [-0.1, -0.05) is 28.1 Å². The van der Waals surface area contributed by atoms with Crippen LogP contribution in [0, 0.1) is 11.7 Å². The summed E-state index contributed by atoms with van der Waals surface area (Å²) < 4.78 is 47.2. The van der Waals surface area contributed by atoms with Gasteiger partial charge in [-0.15, -0.1) is 0 Å². The molecule has 1 N–H and O–H groups in total. The molecule has 0 radical (unpaired) electrons. The Morgan fingerprint density at radius 1 is 1.02 bits per heavy atom. The lowest BCUT2D eigenvalue weighted by atomic mass is 9.97. The maximum absolute atomic E-state index is 13.4. The Morgan fingerprint density at radius 3 is 2.40 bits per heavy atom. The fourth-order valence-electron chi connectivity index (χ4n) is 5.39. The van der Waals surface area contributed by atoms with Gasteiger partial charge in [-0.05, 0) is 75.1 Å². The summed E-state index contributed by atoms with van der Waals surface area (Å²) in [5.74, 6) is -0.815. The molecule has 5 rings (SSSR count). The highest BCUT2D eigenvalue weighted by Gasteiger charge is 2.39. The number of hydrogen-bond acceptors (Lipinski definition) is 8. The van der Waals surface area contributed by atoms with Crippen LogP contribution in [0.5, 0.6) is 0 Å². The third-order valence-electron chi connectivity index (χ3n) is 7.68. The number of carbonyl (C=O) groups is 2. The van der Waals surface area contributed by atoms with Gasteiger partial charge in [-0.2, -0.15) is 4.31 Å². The monoisotopic (exact) mass is 673 g/mol. The van der Waals surface area contributed by atoms with Crippen molar-refractivity contribution in [1.82, 2.24) is 19.6 Å². The summed E-state index contributed by atoms with van der Waals surface area (Å²) in [6.07, 6.45) is 2.15. The Labute approximate surface area is 258 Å². The van der Waals surface area contributed by atoms with Crippen LogP contribution < -0.4 is 10.2 Å². The Kier molecular flexibility index (Phi) is 9.72. The Morgan fingerprint density at radius 2 is 1.72 bits per heavy atom. The van der Waals surface area contributed by atoms with Gasteiger partial charge in [0.2, 0.25) is 21.9 Å². The van der Waals surface area contributed by atoms with Crippen LogP contribution in [-0.4, -0.2) is 66.9 Å². The number of hydrogen-bond donors (Lipinski definition) is 1. The highest BCUT2D eigenvalue weighted by Crippen LogP contribution is 2.28. The van der Waals surface area contributed by atoms with Crippen molar-refractivity contribution in [2.24, 2.45) is 5.92 Å². The van der Waals surface area contributed by atoms with E-state index in [9.17, 15) is 22.4 Å². The molecule has 228 valence electrons. The minimum atomic E-state index is -3.98. The number of rotatable bonds is 9. The lowest BCUT2D eigenvalue weighted by Gasteiger charge is -2.31. The van der Waals surface area contributed by atoms with Crippen LogP contribution in [0.1, 0.15) is 38.3 Å². The van der Waals surface area contributed by atoms with Gasteiger partial charge in [0.15, 0.2) is 0 Å².